The van der Waals surface area contributed by atoms with Crippen molar-refractivity contribution in [3.8, 4) is 0 Å². The Balaban J connectivity index is 1.81. The molecule has 0 radical (unpaired) electrons. The van der Waals surface area contributed by atoms with Crippen LogP contribution in [0.4, 0.5) is 0 Å². The molecule has 0 saturated carbocycles. The maximum absolute atomic E-state index is 11.5. The molecule has 0 amide bonds. The Bertz CT molecular complexity index is 741. The van der Waals surface area contributed by atoms with Gasteiger partial charge in [-0.1, -0.05) is 19.1 Å². The van der Waals surface area contributed by atoms with Gasteiger partial charge in [-0.05, 0) is 44.5 Å². The Morgan fingerprint density at radius 1 is 1.10 bits per heavy atom. The van der Waals surface area contributed by atoms with E-state index >= 15 is 0 Å². The fourth-order valence-electron chi connectivity index (χ4n) is 3.43. The Labute approximate surface area is 176 Å². The molecule has 1 unspecified atom stereocenters. The van der Waals surface area contributed by atoms with Crippen molar-refractivity contribution in [2.75, 3.05) is 58.6 Å². The number of benzene rings is 1. The van der Waals surface area contributed by atoms with E-state index < -0.39 is 9.84 Å². The van der Waals surface area contributed by atoms with Gasteiger partial charge in [0.05, 0.1) is 11.4 Å². The molecule has 29 heavy (non-hydrogen) atoms. The van der Waals surface area contributed by atoms with Gasteiger partial charge in [0.1, 0.15) is 0 Å². The average Bonchev–Trinajstić information content (AvgIpc) is 2.71. The van der Waals surface area contributed by atoms with E-state index in [9.17, 15) is 8.42 Å². The molecule has 1 fully saturated rings. The van der Waals surface area contributed by atoms with E-state index in [2.05, 4.69) is 41.2 Å². The van der Waals surface area contributed by atoms with Crippen LogP contribution in [-0.2, 0) is 16.3 Å². The van der Waals surface area contributed by atoms with Crippen LogP contribution in [0.5, 0.6) is 0 Å². The largest absolute Gasteiger partial charge is 0.357 e. The van der Waals surface area contributed by atoms with Crippen molar-refractivity contribution >= 4 is 15.8 Å². The van der Waals surface area contributed by atoms with Gasteiger partial charge < -0.3 is 15.5 Å². The molecule has 164 valence electrons. The minimum Gasteiger partial charge on any atom is -0.357 e. The van der Waals surface area contributed by atoms with Gasteiger partial charge in [0, 0.05) is 51.6 Å². The molecule has 0 bridgehead atoms. The van der Waals surface area contributed by atoms with Gasteiger partial charge in [-0.3, -0.25) is 9.89 Å². The van der Waals surface area contributed by atoms with E-state index in [-0.39, 0.29) is 0 Å². The normalized spacial score (nSPS) is 17.9. The van der Waals surface area contributed by atoms with Crippen LogP contribution in [0, 0.1) is 0 Å². The Kier molecular flexibility index (Phi) is 9.39. The van der Waals surface area contributed by atoms with Crippen molar-refractivity contribution in [2.45, 2.75) is 38.1 Å². The van der Waals surface area contributed by atoms with Crippen LogP contribution in [0.25, 0.3) is 0 Å². The van der Waals surface area contributed by atoms with E-state index in [1.807, 2.05) is 12.1 Å². The molecule has 0 aromatic heterocycles. The Morgan fingerprint density at radius 2 is 1.76 bits per heavy atom. The van der Waals surface area contributed by atoms with Crippen LogP contribution in [0.3, 0.4) is 0 Å². The maximum atomic E-state index is 11.5. The molecule has 2 rings (SSSR count). The van der Waals surface area contributed by atoms with Gasteiger partial charge in [-0.15, -0.1) is 0 Å². The summed E-state index contributed by atoms with van der Waals surface area (Å²) in [5, 5.41) is 6.69. The van der Waals surface area contributed by atoms with Gasteiger partial charge in [0.15, 0.2) is 15.8 Å². The maximum Gasteiger partial charge on any atom is 0.191 e. The van der Waals surface area contributed by atoms with E-state index in [1.54, 1.807) is 12.1 Å². The number of likely N-dealkylation sites (N-methyl/N-ethyl adjacent to an activating group) is 1. The second kappa shape index (κ2) is 11.5. The number of hydrogen-bond donors (Lipinski definition) is 2. The zero-order chi connectivity index (χ0) is 21.3. The quantitative estimate of drug-likeness (QED) is 0.459. The molecular formula is C21H37N5O2S. The lowest BCUT2D eigenvalue weighted by molar-refractivity contribution is 0.109. The summed E-state index contributed by atoms with van der Waals surface area (Å²) in [6.07, 6.45) is 2.04. The fraction of sp³-hybridized carbons (Fsp3) is 0.667. The molecule has 8 heteroatoms. The van der Waals surface area contributed by atoms with Crippen LogP contribution in [0.1, 0.15) is 26.3 Å². The van der Waals surface area contributed by atoms with Crippen LogP contribution < -0.4 is 10.6 Å². The van der Waals surface area contributed by atoms with Gasteiger partial charge in [0.25, 0.3) is 0 Å². The standard InChI is InChI=1S/C21H37N5O2S/c1-5-22-21(24-17-18(3)26-15-13-25(6-2)14-16-26)23-12-11-19-7-9-20(10-8-19)29(4,27)28/h7-10,18H,5-6,11-17H2,1-4H3,(H2,22,23,24). The molecule has 1 aliphatic rings. The summed E-state index contributed by atoms with van der Waals surface area (Å²) < 4.78 is 23.1. The minimum atomic E-state index is -3.14. The highest BCUT2D eigenvalue weighted by atomic mass is 32.2. The summed E-state index contributed by atoms with van der Waals surface area (Å²) in [4.78, 5) is 10.1. The van der Waals surface area contributed by atoms with E-state index in [0.717, 1.165) is 70.3 Å². The highest BCUT2D eigenvalue weighted by Gasteiger charge is 2.19. The lowest BCUT2D eigenvalue weighted by Gasteiger charge is -2.37. The molecule has 1 aliphatic heterocycles. The molecule has 1 aromatic rings. The summed E-state index contributed by atoms with van der Waals surface area (Å²) in [7, 11) is -3.14. The molecule has 1 aromatic carbocycles. The first-order valence-corrected chi connectivity index (χ1v) is 12.5. The molecule has 1 saturated heterocycles. The zero-order valence-electron chi connectivity index (χ0n) is 18.3. The van der Waals surface area contributed by atoms with Crippen LogP contribution in [0.15, 0.2) is 34.2 Å². The van der Waals surface area contributed by atoms with Crippen LogP contribution >= 0.6 is 0 Å². The highest BCUT2D eigenvalue weighted by Crippen LogP contribution is 2.10. The van der Waals surface area contributed by atoms with Crippen LogP contribution in [0.2, 0.25) is 0 Å². The monoisotopic (exact) mass is 423 g/mol. The predicted octanol–water partition coefficient (Wildman–Crippen LogP) is 1.21. The van der Waals surface area contributed by atoms with Crippen molar-refractivity contribution in [2.24, 2.45) is 4.99 Å². The van der Waals surface area contributed by atoms with E-state index in [0.29, 0.717) is 10.9 Å². The van der Waals surface area contributed by atoms with Gasteiger partial charge in [-0.25, -0.2) is 8.42 Å². The Morgan fingerprint density at radius 3 is 2.31 bits per heavy atom. The van der Waals surface area contributed by atoms with Crippen LogP contribution in [-0.4, -0.2) is 88.8 Å². The number of nitrogens with zero attached hydrogens (tertiary/aromatic N) is 3. The number of piperazine rings is 1. The first-order chi connectivity index (χ1) is 13.8. The van der Waals surface area contributed by atoms with Gasteiger partial charge >= 0.3 is 0 Å². The van der Waals surface area contributed by atoms with Crippen molar-refractivity contribution in [1.29, 1.82) is 0 Å². The fourth-order valence-corrected chi connectivity index (χ4v) is 4.06. The van der Waals surface area contributed by atoms with Crippen molar-refractivity contribution in [3.63, 3.8) is 0 Å². The zero-order valence-corrected chi connectivity index (χ0v) is 19.1. The average molecular weight is 424 g/mol. The number of rotatable bonds is 9. The summed E-state index contributed by atoms with van der Waals surface area (Å²) in [6.45, 7) is 14.5. The SMILES string of the molecule is CCNC(=NCC(C)N1CCN(CC)CC1)NCCc1ccc(S(C)(=O)=O)cc1. The van der Waals surface area contributed by atoms with Gasteiger partial charge in [0.2, 0.25) is 0 Å². The number of guanidine groups is 1. The van der Waals surface area contributed by atoms with E-state index in [4.69, 9.17) is 4.99 Å². The predicted molar refractivity (Wildman–Crippen MR) is 120 cm³/mol. The molecule has 2 N–H and O–H groups in total. The first-order valence-electron chi connectivity index (χ1n) is 10.6. The summed E-state index contributed by atoms with van der Waals surface area (Å²) in [5.41, 5.74) is 1.10. The molecule has 1 heterocycles. The third-order valence-electron chi connectivity index (χ3n) is 5.39. The summed E-state index contributed by atoms with van der Waals surface area (Å²) >= 11 is 0. The molecule has 0 aliphatic carbocycles. The topological polar surface area (TPSA) is 77.0 Å². The second-order valence-corrected chi connectivity index (χ2v) is 9.65. The van der Waals surface area contributed by atoms with Gasteiger partial charge in [-0.2, -0.15) is 0 Å². The minimum absolute atomic E-state index is 0.359. The number of hydrogen-bond acceptors (Lipinski definition) is 5. The number of aliphatic imine (C=N–C) groups is 1. The summed E-state index contributed by atoms with van der Waals surface area (Å²) in [5.74, 6) is 0.833. The number of sulfone groups is 1. The van der Waals surface area contributed by atoms with E-state index in [1.165, 1.54) is 6.26 Å². The number of nitrogens with one attached hydrogen (secondary N) is 2. The highest BCUT2D eigenvalue weighted by molar-refractivity contribution is 7.90. The first kappa shape index (κ1) is 23.6. The van der Waals surface area contributed by atoms with Crippen molar-refractivity contribution in [1.82, 2.24) is 20.4 Å². The molecular weight excluding hydrogens is 386 g/mol. The summed E-state index contributed by atoms with van der Waals surface area (Å²) in [6, 6.07) is 7.52. The lowest BCUT2D eigenvalue weighted by atomic mass is 10.1. The lowest BCUT2D eigenvalue weighted by Crippen LogP contribution is -2.50. The second-order valence-electron chi connectivity index (χ2n) is 7.63. The molecule has 1 atom stereocenters. The smallest absolute Gasteiger partial charge is 0.191 e. The molecule has 7 nitrogen and oxygen atoms in total. The van der Waals surface area contributed by atoms with Crippen molar-refractivity contribution in [3.05, 3.63) is 29.8 Å². The third-order valence-corrected chi connectivity index (χ3v) is 6.52. The van der Waals surface area contributed by atoms with Crippen molar-refractivity contribution < 1.29 is 8.42 Å². The molecule has 0 spiro atoms. The third kappa shape index (κ3) is 7.95. The Hall–Kier alpha value is -1.64.